The summed E-state index contributed by atoms with van der Waals surface area (Å²) < 4.78 is 2.47. The highest BCUT2D eigenvalue weighted by Gasteiger charge is 2.35. The van der Waals surface area contributed by atoms with Crippen molar-refractivity contribution in [3.63, 3.8) is 0 Å². The molecule has 0 spiro atoms. The minimum absolute atomic E-state index is 0. The summed E-state index contributed by atoms with van der Waals surface area (Å²) in [4.78, 5) is 2.57. The topological polar surface area (TPSA) is 6.25 Å². The summed E-state index contributed by atoms with van der Waals surface area (Å²) in [6.07, 6.45) is 8.48. The molecule has 2 nitrogen and oxygen atoms in total. The lowest BCUT2D eigenvalue weighted by Crippen LogP contribution is -3.00. The molecule has 2 heterocycles. The van der Waals surface area contributed by atoms with Gasteiger partial charge in [-0.3, -0.25) is 0 Å². The Morgan fingerprint density at radius 1 is 1.10 bits per heavy atom. The number of rotatable bonds is 3. The van der Waals surface area contributed by atoms with Crippen LogP contribution in [0, 0.1) is 0 Å². The molecule has 1 aromatic carbocycles. The second-order valence-electron chi connectivity index (χ2n) is 6.60. The number of benzene rings is 1. The minimum Gasteiger partial charge on any atom is -1.00 e. The Morgan fingerprint density at radius 3 is 2.38 bits per heavy atom. The van der Waals surface area contributed by atoms with Crippen molar-refractivity contribution >= 4 is 6.21 Å². The molecule has 0 saturated carbocycles. The van der Waals surface area contributed by atoms with Gasteiger partial charge < -0.3 is 21.9 Å². The van der Waals surface area contributed by atoms with Crippen LogP contribution >= 0.6 is 0 Å². The SMILES string of the molecule is CC1(C)CC(N2CCCC2)=CC=[N+]1Cc1ccccc1.[Br-]. The molecule has 0 N–H and O–H groups in total. The molecule has 1 fully saturated rings. The number of nitrogens with zero attached hydrogens (tertiary/aromatic N) is 2. The molecule has 114 valence electrons. The molecule has 0 amide bonds. The Labute approximate surface area is 138 Å². The van der Waals surface area contributed by atoms with Gasteiger partial charge in [-0.15, -0.1) is 0 Å². The van der Waals surface area contributed by atoms with Crippen LogP contribution in [0.15, 0.2) is 42.1 Å². The first kappa shape index (κ1) is 16.3. The van der Waals surface area contributed by atoms with E-state index in [-0.39, 0.29) is 22.5 Å². The maximum atomic E-state index is 2.57. The van der Waals surface area contributed by atoms with Gasteiger partial charge >= 0.3 is 0 Å². The van der Waals surface area contributed by atoms with Crippen LogP contribution in [-0.2, 0) is 6.54 Å². The van der Waals surface area contributed by atoms with Crippen LogP contribution in [0.5, 0.6) is 0 Å². The number of hydrogen-bond acceptors (Lipinski definition) is 1. The average Bonchev–Trinajstić information content (AvgIpc) is 2.96. The highest BCUT2D eigenvalue weighted by Crippen LogP contribution is 2.28. The van der Waals surface area contributed by atoms with Gasteiger partial charge in [0.05, 0.1) is 6.42 Å². The zero-order valence-corrected chi connectivity index (χ0v) is 14.6. The molecular weight excluding hydrogens is 324 g/mol. The molecular formula is C18H25BrN2. The van der Waals surface area contributed by atoms with Crippen molar-refractivity contribution in [2.75, 3.05) is 13.1 Å². The summed E-state index contributed by atoms with van der Waals surface area (Å²) in [6.45, 7) is 8.20. The van der Waals surface area contributed by atoms with Gasteiger partial charge in [0.1, 0.15) is 0 Å². The largest absolute Gasteiger partial charge is 1.00 e. The lowest BCUT2D eigenvalue weighted by Gasteiger charge is -2.31. The third-order valence-electron chi connectivity index (χ3n) is 4.55. The van der Waals surface area contributed by atoms with E-state index in [2.05, 4.69) is 65.9 Å². The monoisotopic (exact) mass is 348 g/mol. The Bertz CT molecular complexity index is 525. The first-order valence-electron chi connectivity index (χ1n) is 7.75. The summed E-state index contributed by atoms with van der Waals surface area (Å²) in [7, 11) is 0. The summed E-state index contributed by atoms with van der Waals surface area (Å²) >= 11 is 0. The second-order valence-corrected chi connectivity index (χ2v) is 6.60. The maximum Gasteiger partial charge on any atom is 0.168 e. The summed E-state index contributed by atoms with van der Waals surface area (Å²) in [5.41, 5.74) is 3.11. The van der Waals surface area contributed by atoms with E-state index in [1.807, 2.05) is 0 Å². The molecule has 0 unspecified atom stereocenters. The van der Waals surface area contributed by atoms with Crippen molar-refractivity contribution in [1.82, 2.24) is 4.90 Å². The predicted octanol–water partition coefficient (Wildman–Crippen LogP) is 0.436. The fraction of sp³-hybridized carbons (Fsp3) is 0.500. The normalized spacial score (nSPS) is 20.6. The Balaban J connectivity index is 0.00000161. The molecule has 0 bridgehead atoms. The van der Waals surface area contributed by atoms with Crippen molar-refractivity contribution in [1.29, 1.82) is 0 Å². The fourth-order valence-electron chi connectivity index (χ4n) is 3.25. The van der Waals surface area contributed by atoms with Crippen molar-refractivity contribution in [2.45, 2.75) is 45.2 Å². The number of halogens is 1. The first-order valence-corrected chi connectivity index (χ1v) is 7.75. The molecule has 21 heavy (non-hydrogen) atoms. The third-order valence-corrected chi connectivity index (χ3v) is 4.55. The van der Waals surface area contributed by atoms with Crippen molar-refractivity contribution in [3.8, 4) is 0 Å². The molecule has 0 aliphatic carbocycles. The standard InChI is InChI=1S/C18H25N2.BrH/c1-18(2)14-17(19-11-6-7-12-19)10-13-20(18)15-16-8-4-3-5-9-16;/h3-5,8-10,13H,6-7,11-12,14-15H2,1-2H3;1H/q+1;/p-1. The van der Waals surface area contributed by atoms with Gasteiger partial charge in [-0.25, -0.2) is 4.58 Å². The highest BCUT2D eigenvalue weighted by atomic mass is 79.9. The lowest BCUT2D eigenvalue weighted by atomic mass is 9.93. The van der Waals surface area contributed by atoms with Gasteiger partial charge in [0, 0.05) is 44.3 Å². The van der Waals surface area contributed by atoms with E-state index < -0.39 is 0 Å². The Morgan fingerprint density at radius 2 is 1.76 bits per heavy atom. The number of likely N-dealkylation sites (tertiary alicyclic amines) is 1. The lowest BCUT2D eigenvalue weighted by molar-refractivity contribution is -0.612. The van der Waals surface area contributed by atoms with Crippen molar-refractivity contribution in [3.05, 3.63) is 47.7 Å². The first-order chi connectivity index (χ1) is 9.65. The summed E-state index contributed by atoms with van der Waals surface area (Å²) in [6, 6.07) is 10.8. The number of hydrogen-bond donors (Lipinski definition) is 0. The zero-order chi connectivity index (χ0) is 14.0. The molecule has 3 heteroatoms. The van der Waals surface area contributed by atoms with E-state index in [4.69, 9.17) is 0 Å². The minimum atomic E-state index is 0. The summed E-state index contributed by atoms with van der Waals surface area (Å²) in [5.74, 6) is 0. The van der Waals surface area contributed by atoms with Crippen LogP contribution in [0.4, 0.5) is 0 Å². The van der Waals surface area contributed by atoms with E-state index in [1.165, 1.54) is 37.2 Å². The van der Waals surface area contributed by atoms with Crippen LogP contribution in [0.1, 0.15) is 38.7 Å². The van der Waals surface area contributed by atoms with E-state index in [9.17, 15) is 0 Å². The molecule has 1 saturated heterocycles. The van der Waals surface area contributed by atoms with Crippen LogP contribution in [0.25, 0.3) is 0 Å². The molecule has 0 radical (unpaired) electrons. The maximum absolute atomic E-state index is 2.57. The molecule has 0 atom stereocenters. The number of allylic oxidation sites excluding steroid dienone is 1. The molecule has 3 rings (SSSR count). The van der Waals surface area contributed by atoms with Gasteiger partial charge in [0.2, 0.25) is 0 Å². The van der Waals surface area contributed by atoms with E-state index in [0.29, 0.717) is 0 Å². The average molecular weight is 349 g/mol. The van der Waals surface area contributed by atoms with Crippen LogP contribution in [-0.4, -0.2) is 34.3 Å². The smallest absolute Gasteiger partial charge is 0.168 e. The van der Waals surface area contributed by atoms with Gasteiger partial charge in [-0.2, -0.15) is 0 Å². The molecule has 1 aromatic rings. The predicted molar refractivity (Wildman–Crippen MR) is 84.1 cm³/mol. The quantitative estimate of drug-likeness (QED) is 0.718. The van der Waals surface area contributed by atoms with Gasteiger partial charge in [0.25, 0.3) is 0 Å². The molecule has 0 aromatic heterocycles. The Kier molecular flexibility index (Phi) is 5.26. The van der Waals surface area contributed by atoms with Crippen LogP contribution in [0.2, 0.25) is 0 Å². The van der Waals surface area contributed by atoms with Crippen molar-refractivity contribution in [2.24, 2.45) is 0 Å². The van der Waals surface area contributed by atoms with Gasteiger partial charge in [-0.1, -0.05) is 30.3 Å². The summed E-state index contributed by atoms with van der Waals surface area (Å²) in [5, 5.41) is 0. The van der Waals surface area contributed by atoms with E-state index in [0.717, 1.165) is 13.0 Å². The highest BCUT2D eigenvalue weighted by molar-refractivity contribution is 5.68. The molecule has 2 aliphatic heterocycles. The Hall–Kier alpha value is -1.09. The molecule has 2 aliphatic rings. The van der Waals surface area contributed by atoms with Crippen LogP contribution in [0.3, 0.4) is 0 Å². The van der Waals surface area contributed by atoms with Crippen LogP contribution < -0.4 is 17.0 Å². The second kappa shape index (κ2) is 6.78. The fourth-order valence-corrected chi connectivity index (χ4v) is 3.25. The third kappa shape index (κ3) is 3.76. The van der Waals surface area contributed by atoms with Gasteiger partial charge in [0.15, 0.2) is 18.3 Å². The van der Waals surface area contributed by atoms with E-state index in [1.54, 1.807) is 0 Å². The van der Waals surface area contributed by atoms with Gasteiger partial charge in [-0.05, 0) is 12.8 Å². The van der Waals surface area contributed by atoms with E-state index >= 15 is 0 Å². The van der Waals surface area contributed by atoms with Crippen molar-refractivity contribution < 1.29 is 21.6 Å². The zero-order valence-electron chi connectivity index (χ0n) is 13.1.